The highest BCUT2D eigenvalue weighted by Crippen LogP contribution is 2.33. The Hall–Kier alpha value is -2.27. The molecule has 1 aromatic heterocycles. The van der Waals surface area contributed by atoms with Gasteiger partial charge in [-0.1, -0.05) is 36.4 Å². The molecule has 0 amide bonds. The number of nitrogens with one attached hydrogen (secondary N) is 1. The van der Waals surface area contributed by atoms with E-state index >= 15 is 0 Å². The molecule has 5 heteroatoms. The molecule has 0 spiro atoms. The summed E-state index contributed by atoms with van der Waals surface area (Å²) < 4.78 is 38.5. The highest BCUT2D eigenvalue weighted by molar-refractivity contribution is 5.83. The number of fused-ring (bicyclic) bond motifs is 1. The molecule has 0 radical (unpaired) electrons. The van der Waals surface area contributed by atoms with Gasteiger partial charge >= 0.3 is 6.18 Å². The molecular formula is C22H23F3N2. The fourth-order valence-electron chi connectivity index (χ4n) is 4.09. The van der Waals surface area contributed by atoms with E-state index in [0.29, 0.717) is 12.3 Å². The number of para-hydroxylation sites is 1. The molecule has 27 heavy (non-hydrogen) atoms. The smallest absolute Gasteiger partial charge is 0.361 e. The van der Waals surface area contributed by atoms with E-state index in [1.807, 2.05) is 6.07 Å². The molecule has 2 heterocycles. The Morgan fingerprint density at radius 3 is 2.56 bits per heavy atom. The van der Waals surface area contributed by atoms with Gasteiger partial charge in [-0.2, -0.15) is 13.2 Å². The molecule has 1 aliphatic heterocycles. The Kier molecular flexibility index (Phi) is 4.96. The number of H-pyrrole nitrogens is 1. The van der Waals surface area contributed by atoms with Gasteiger partial charge in [0.05, 0.1) is 5.56 Å². The molecule has 0 aliphatic carbocycles. The van der Waals surface area contributed by atoms with Crippen LogP contribution in [0.15, 0.2) is 54.7 Å². The summed E-state index contributed by atoms with van der Waals surface area (Å²) in [5.74, 6) is 0.547. The van der Waals surface area contributed by atoms with Gasteiger partial charge < -0.3 is 9.88 Å². The van der Waals surface area contributed by atoms with Crippen LogP contribution in [-0.2, 0) is 12.6 Å². The summed E-state index contributed by atoms with van der Waals surface area (Å²) in [5.41, 5.74) is 2.77. The zero-order chi connectivity index (χ0) is 18.9. The summed E-state index contributed by atoms with van der Waals surface area (Å²) in [4.78, 5) is 5.72. The molecule has 0 saturated carbocycles. The van der Waals surface area contributed by atoms with Crippen LogP contribution < -0.4 is 0 Å². The molecule has 142 valence electrons. The van der Waals surface area contributed by atoms with E-state index in [2.05, 4.69) is 34.3 Å². The monoisotopic (exact) mass is 372 g/mol. The molecule has 1 saturated heterocycles. The van der Waals surface area contributed by atoms with Crippen LogP contribution in [0.1, 0.15) is 35.4 Å². The van der Waals surface area contributed by atoms with Crippen molar-refractivity contribution in [3.8, 4) is 0 Å². The molecule has 4 rings (SSSR count). The molecule has 2 aromatic carbocycles. The summed E-state index contributed by atoms with van der Waals surface area (Å²) >= 11 is 0. The SMILES string of the molecule is FC(F)(F)c1cccc(CCN2CCC(c3c[nH]c4ccccc34)CC2)c1. The van der Waals surface area contributed by atoms with E-state index in [1.54, 1.807) is 6.07 Å². The van der Waals surface area contributed by atoms with Gasteiger partial charge in [0.1, 0.15) is 0 Å². The molecule has 0 atom stereocenters. The maximum Gasteiger partial charge on any atom is 0.416 e. The third kappa shape index (κ3) is 4.03. The molecule has 0 bridgehead atoms. The Morgan fingerprint density at radius 1 is 1.00 bits per heavy atom. The van der Waals surface area contributed by atoms with Gasteiger partial charge in [-0.15, -0.1) is 0 Å². The topological polar surface area (TPSA) is 19.0 Å². The lowest BCUT2D eigenvalue weighted by Gasteiger charge is -2.32. The first-order valence-electron chi connectivity index (χ1n) is 9.45. The Bertz CT molecular complexity index is 905. The van der Waals surface area contributed by atoms with Crippen LogP contribution >= 0.6 is 0 Å². The third-order valence-corrected chi connectivity index (χ3v) is 5.62. The van der Waals surface area contributed by atoms with Crippen molar-refractivity contribution in [2.45, 2.75) is 31.4 Å². The second kappa shape index (κ2) is 7.39. The van der Waals surface area contributed by atoms with Crippen LogP contribution in [0.4, 0.5) is 13.2 Å². The number of aromatic nitrogens is 1. The van der Waals surface area contributed by atoms with E-state index in [0.717, 1.165) is 44.1 Å². The van der Waals surface area contributed by atoms with Gasteiger partial charge in [-0.3, -0.25) is 0 Å². The van der Waals surface area contributed by atoms with Gasteiger partial charge in [-0.25, -0.2) is 0 Å². The minimum atomic E-state index is -4.27. The number of aromatic amines is 1. The molecule has 1 fully saturated rings. The van der Waals surface area contributed by atoms with E-state index < -0.39 is 11.7 Å². The van der Waals surface area contributed by atoms with Crippen LogP contribution in [-0.4, -0.2) is 29.5 Å². The summed E-state index contributed by atoms with van der Waals surface area (Å²) in [5, 5.41) is 1.31. The Labute approximate surface area is 157 Å². The second-order valence-corrected chi connectivity index (χ2v) is 7.35. The predicted octanol–water partition coefficient (Wildman–Crippen LogP) is 5.61. The normalized spacial score (nSPS) is 16.9. The van der Waals surface area contributed by atoms with Crippen molar-refractivity contribution in [3.63, 3.8) is 0 Å². The number of likely N-dealkylation sites (tertiary alicyclic amines) is 1. The standard InChI is InChI=1S/C22H23F3N2/c23-22(24,25)18-5-3-4-16(14-18)8-11-27-12-9-17(10-13-27)20-15-26-21-7-2-1-6-19(20)21/h1-7,14-15,17,26H,8-13H2. The van der Waals surface area contributed by atoms with Crippen molar-refractivity contribution < 1.29 is 13.2 Å². The number of halogens is 3. The fraction of sp³-hybridized carbons (Fsp3) is 0.364. The lowest BCUT2D eigenvalue weighted by Crippen LogP contribution is -2.34. The average molecular weight is 372 g/mol. The van der Waals surface area contributed by atoms with E-state index in [-0.39, 0.29) is 0 Å². The van der Waals surface area contributed by atoms with E-state index in [9.17, 15) is 13.2 Å². The minimum Gasteiger partial charge on any atom is -0.361 e. The number of benzene rings is 2. The van der Waals surface area contributed by atoms with Crippen molar-refractivity contribution >= 4 is 10.9 Å². The van der Waals surface area contributed by atoms with Gasteiger partial charge in [0.25, 0.3) is 0 Å². The molecule has 2 nitrogen and oxygen atoms in total. The minimum absolute atomic E-state index is 0.547. The summed E-state index contributed by atoms with van der Waals surface area (Å²) in [6, 6.07) is 14.1. The third-order valence-electron chi connectivity index (χ3n) is 5.62. The van der Waals surface area contributed by atoms with Crippen LogP contribution in [0.3, 0.4) is 0 Å². The maximum absolute atomic E-state index is 12.8. The van der Waals surface area contributed by atoms with Crippen LogP contribution in [0.5, 0.6) is 0 Å². The van der Waals surface area contributed by atoms with Crippen LogP contribution in [0.25, 0.3) is 10.9 Å². The van der Waals surface area contributed by atoms with Crippen molar-refractivity contribution in [1.82, 2.24) is 9.88 Å². The lowest BCUT2D eigenvalue weighted by molar-refractivity contribution is -0.137. The largest absolute Gasteiger partial charge is 0.416 e. The molecule has 0 unspecified atom stereocenters. The highest BCUT2D eigenvalue weighted by Gasteiger charge is 2.30. The van der Waals surface area contributed by atoms with Gasteiger partial charge in [0.15, 0.2) is 0 Å². The molecular weight excluding hydrogens is 349 g/mol. The number of hydrogen-bond acceptors (Lipinski definition) is 1. The quantitative estimate of drug-likeness (QED) is 0.631. The first-order valence-corrected chi connectivity index (χ1v) is 9.45. The molecule has 1 aliphatic rings. The van der Waals surface area contributed by atoms with E-state index in [1.165, 1.54) is 28.6 Å². The van der Waals surface area contributed by atoms with E-state index in [4.69, 9.17) is 0 Å². The number of nitrogens with zero attached hydrogens (tertiary/aromatic N) is 1. The first kappa shape index (κ1) is 18.1. The van der Waals surface area contributed by atoms with Crippen LogP contribution in [0, 0.1) is 0 Å². The van der Waals surface area contributed by atoms with Gasteiger partial charge in [0.2, 0.25) is 0 Å². The molecule has 3 aromatic rings. The van der Waals surface area contributed by atoms with Crippen molar-refractivity contribution in [3.05, 3.63) is 71.4 Å². The van der Waals surface area contributed by atoms with Crippen LogP contribution in [0.2, 0.25) is 0 Å². The number of rotatable bonds is 4. The predicted molar refractivity (Wildman–Crippen MR) is 102 cm³/mol. The zero-order valence-corrected chi connectivity index (χ0v) is 15.1. The second-order valence-electron chi connectivity index (χ2n) is 7.35. The number of piperidine rings is 1. The fourth-order valence-corrected chi connectivity index (χ4v) is 4.09. The Balaban J connectivity index is 1.34. The van der Waals surface area contributed by atoms with Crippen molar-refractivity contribution in [2.24, 2.45) is 0 Å². The van der Waals surface area contributed by atoms with Gasteiger partial charge in [0, 0.05) is 23.6 Å². The zero-order valence-electron chi connectivity index (χ0n) is 15.1. The van der Waals surface area contributed by atoms with Gasteiger partial charge in [-0.05, 0) is 61.5 Å². The summed E-state index contributed by atoms with van der Waals surface area (Å²) in [6.07, 6.45) is 0.692. The Morgan fingerprint density at radius 2 is 1.78 bits per heavy atom. The van der Waals surface area contributed by atoms with Crippen molar-refractivity contribution in [2.75, 3.05) is 19.6 Å². The summed E-state index contributed by atoms with van der Waals surface area (Å²) in [6.45, 7) is 2.79. The highest BCUT2D eigenvalue weighted by atomic mass is 19.4. The average Bonchev–Trinajstić information content (AvgIpc) is 3.10. The first-order chi connectivity index (χ1) is 13.0. The molecule has 1 N–H and O–H groups in total. The maximum atomic E-state index is 12.8. The van der Waals surface area contributed by atoms with Crippen molar-refractivity contribution in [1.29, 1.82) is 0 Å². The number of hydrogen-bond donors (Lipinski definition) is 1. The number of alkyl halides is 3. The summed E-state index contributed by atoms with van der Waals surface area (Å²) in [7, 11) is 0. The lowest BCUT2D eigenvalue weighted by atomic mass is 9.89.